The van der Waals surface area contributed by atoms with Crippen molar-refractivity contribution in [3.8, 4) is 6.07 Å². The van der Waals surface area contributed by atoms with E-state index in [0.29, 0.717) is 12.0 Å². The van der Waals surface area contributed by atoms with Crippen molar-refractivity contribution < 1.29 is 4.79 Å². The zero-order valence-corrected chi connectivity index (χ0v) is 9.16. The van der Waals surface area contributed by atoms with Crippen LogP contribution in [0.4, 0.5) is 0 Å². The van der Waals surface area contributed by atoms with Crippen molar-refractivity contribution in [3.05, 3.63) is 0 Å². The molecule has 1 aliphatic heterocycles. The molecule has 0 aromatic carbocycles. The molecule has 78 valence electrons. The number of carbonyl (C=O) groups excluding carboxylic acids is 1. The van der Waals surface area contributed by atoms with Crippen molar-refractivity contribution in [3.63, 3.8) is 0 Å². The Balaban J connectivity index is 2.68. The van der Waals surface area contributed by atoms with Gasteiger partial charge in [-0.1, -0.05) is 13.8 Å². The second kappa shape index (κ2) is 4.45. The van der Waals surface area contributed by atoms with Crippen LogP contribution in [0, 0.1) is 23.2 Å². The van der Waals surface area contributed by atoms with Gasteiger partial charge in [0.05, 0.1) is 6.07 Å². The molecule has 1 heterocycles. The van der Waals surface area contributed by atoms with E-state index in [0.717, 1.165) is 19.4 Å². The molecule has 0 bridgehead atoms. The van der Waals surface area contributed by atoms with Gasteiger partial charge >= 0.3 is 0 Å². The highest BCUT2D eigenvalue weighted by molar-refractivity contribution is 5.81. The summed E-state index contributed by atoms with van der Waals surface area (Å²) in [5, 5.41) is 8.69. The van der Waals surface area contributed by atoms with E-state index in [1.165, 1.54) is 0 Å². The lowest BCUT2D eigenvalue weighted by Crippen LogP contribution is -2.41. The highest BCUT2D eigenvalue weighted by Crippen LogP contribution is 2.25. The maximum Gasteiger partial charge on any atom is 0.239 e. The van der Waals surface area contributed by atoms with E-state index in [2.05, 4.69) is 13.8 Å². The predicted molar refractivity (Wildman–Crippen MR) is 54.4 cm³/mol. The first-order valence-corrected chi connectivity index (χ1v) is 5.28. The number of hydrogen-bond acceptors (Lipinski definition) is 2. The fraction of sp³-hybridized carbons (Fsp3) is 0.818. The third-order valence-electron chi connectivity index (χ3n) is 2.92. The van der Waals surface area contributed by atoms with E-state index < -0.39 is 5.92 Å². The van der Waals surface area contributed by atoms with E-state index >= 15 is 0 Å². The van der Waals surface area contributed by atoms with E-state index in [4.69, 9.17) is 5.26 Å². The lowest BCUT2D eigenvalue weighted by Gasteiger charge is -2.28. The van der Waals surface area contributed by atoms with Gasteiger partial charge in [0.15, 0.2) is 0 Å². The second-order valence-corrected chi connectivity index (χ2v) is 4.34. The Labute approximate surface area is 85.7 Å². The van der Waals surface area contributed by atoms with Gasteiger partial charge in [0.1, 0.15) is 5.92 Å². The average molecular weight is 194 g/mol. The molecule has 2 atom stereocenters. The third-order valence-corrected chi connectivity index (χ3v) is 2.92. The van der Waals surface area contributed by atoms with E-state index in [1.54, 1.807) is 6.92 Å². The van der Waals surface area contributed by atoms with Crippen molar-refractivity contribution in [1.29, 1.82) is 5.26 Å². The van der Waals surface area contributed by atoms with Gasteiger partial charge in [0.25, 0.3) is 0 Å². The van der Waals surface area contributed by atoms with Crippen molar-refractivity contribution in [2.45, 2.75) is 39.7 Å². The molecule has 3 nitrogen and oxygen atoms in total. The minimum atomic E-state index is -0.491. The first-order chi connectivity index (χ1) is 6.57. The summed E-state index contributed by atoms with van der Waals surface area (Å²) in [5.41, 5.74) is 0. The van der Waals surface area contributed by atoms with Crippen molar-refractivity contribution in [1.82, 2.24) is 4.90 Å². The first-order valence-electron chi connectivity index (χ1n) is 5.28. The molecule has 1 fully saturated rings. The van der Waals surface area contributed by atoms with Gasteiger partial charge in [-0.2, -0.15) is 5.26 Å². The molecular weight excluding hydrogens is 176 g/mol. The maximum absolute atomic E-state index is 11.8. The molecule has 1 aliphatic rings. The maximum atomic E-state index is 11.8. The summed E-state index contributed by atoms with van der Waals surface area (Å²) in [7, 11) is 0. The zero-order valence-electron chi connectivity index (χ0n) is 9.16. The summed E-state index contributed by atoms with van der Waals surface area (Å²) in [5.74, 6) is 0.00499. The van der Waals surface area contributed by atoms with Crippen molar-refractivity contribution in [2.75, 3.05) is 6.54 Å². The van der Waals surface area contributed by atoms with Gasteiger partial charge in [-0.3, -0.25) is 4.79 Å². The SMILES string of the molecule is CC(C#N)C(=O)N1CCCC1C(C)C. The normalized spacial score (nSPS) is 23.6. The third kappa shape index (κ3) is 2.06. The van der Waals surface area contributed by atoms with Crippen LogP contribution in [0.25, 0.3) is 0 Å². The van der Waals surface area contributed by atoms with Crippen LogP contribution in [0.15, 0.2) is 0 Å². The topological polar surface area (TPSA) is 44.1 Å². The smallest absolute Gasteiger partial charge is 0.239 e. The molecule has 0 N–H and O–H groups in total. The minimum absolute atomic E-state index is 0.00343. The molecule has 0 saturated carbocycles. The van der Waals surface area contributed by atoms with Crippen LogP contribution in [-0.4, -0.2) is 23.4 Å². The Morgan fingerprint density at radius 1 is 1.50 bits per heavy atom. The molecule has 0 aliphatic carbocycles. The van der Waals surface area contributed by atoms with Gasteiger partial charge in [-0.15, -0.1) is 0 Å². The Bertz CT molecular complexity index is 255. The van der Waals surface area contributed by atoms with Crippen molar-refractivity contribution in [2.24, 2.45) is 11.8 Å². The summed E-state index contributed by atoms with van der Waals surface area (Å²) >= 11 is 0. The summed E-state index contributed by atoms with van der Waals surface area (Å²) in [6.07, 6.45) is 2.16. The highest BCUT2D eigenvalue weighted by atomic mass is 16.2. The molecule has 0 aromatic heterocycles. The van der Waals surface area contributed by atoms with Crippen LogP contribution in [0.1, 0.15) is 33.6 Å². The van der Waals surface area contributed by atoms with Crippen molar-refractivity contribution >= 4 is 5.91 Å². The lowest BCUT2D eigenvalue weighted by molar-refractivity contribution is -0.134. The number of likely N-dealkylation sites (tertiary alicyclic amines) is 1. The molecule has 2 unspecified atom stereocenters. The fourth-order valence-corrected chi connectivity index (χ4v) is 2.06. The number of hydrogen-bond donors (Lipinski definition) is 0. The van der Waals surface area contributed by atoms with E-state index in [1.807, 2.05) is 11.0 Å². The zero-order chi connectivity index (χ0) is 10.7. The van der Waals surface area contributed by atoms with E-state index in [9.17, 15) is 4.79 Å². The number of nitriles is 1. The standard InChI is InChI=1S/C11H18N2O/c1-8(2)10-5-4-6-13(10)11(14)9(3)7-12/h8-10H,4-6H2,1-3H3. The van der Waals surface area contributed by atoms with Crippen LogP contribution in [0.2, 0.25) is 0 Å². The Kier molecular flexibility index (Phi) is 3.51. The van der Waals surface area contributed by atoms with Gasteiger partial charge < -0.3 is 4.90 Å². The molecule has 0 spiro atoms. The summed E-state index contributed by atoms with van der Waals surface area (Å²) < 4.78 is 0. The van der Waals surface area contributed by atoms with Crippen LogP contribution in [-0.2, 0) is 4.79 Å². The highest BCUT2D eigenvalue weighted by Gasteiger charge is 2.32. The molecule has 1 rings (SSSR count). The van der Waals surface area contributed by atoms with Gasteiger partial charge in [0.2, 0.25) is 5.91 Å². The van der Waals surface area contributed by atoms with Crippen LogP contribution in [0.5, 0.6) is 0 Å². The molecule has 3 heteroatoms. The van der Waals surface area contributed by atoms with Crippen LogP contribution in [0.3, 0.4) is 0 Å². The van der Waals surface area contributed by atoms with Crippen LogP contribution >= 0.6 is 0 Å². The molecule has 0 aromatic rings. The predicted octanol–water partition coefficient (Wildman–Crippen LogP) is 1.79. The fourth-order valence-electron chi connectivity index (χ4n) is 2.06. The van der Waals surface area contributed by atoms with Gasteiger partial charge in [-0.25, -0.2) is 0 Å². The molecular formula is C11H18N2O. The Morgan fingerprint density at radius 3 is 2.64 bits per heavy atom. The molecule has 14 heavy (non-hydrogen) atoms. The summed E-state index contributed by atoms with van der Waals surface area (Å²) in [4.78, 5) is 13.7. The second-order valence-electron chi connectivity index (χ2n) is 4.34. The molecule has 0 radical (unpaired) electrons. The summed E-state index contributed by atoms with van der Waals surface area (Å²) in [6, 6.07) is 2.36. The van der Waals surface area contributed by atoms with Crippen LogP contribution < -0.4 is 0 Å². The number of rotatable bonds is 2. The Hall–Kier alpha value is -1.04. The molecule has 1 amide bonds. The number of nitrogens with zero attached hydrogens (tertiary/aromatic N) is 2. The Morgan fingerprint density at radius 2 is 2.14 bits per heavy atom. The molecule has 1 saturated heterocycles. The summed E-state index contributed by atoms with van der Waals surface area (Å²) in [6.45, 7) is 6.77. The van der Waals surface area contributed by atoms with E-state index in [-0.39, 0.29) is 5.91 Å². The monoisotopic (exact) mass is 194 g/mol. The quantitative estimate of drug-likeness (QED) is 0.672. The number of amides is 1. The lowest BCUT2D eigenvalue weighted by atomic mass is 10.0. The van der Waals surface area contributed by atoms with Gasteiger partial charge in [0, 0.05) is 12.6 Å². The largest absolute Gasteiger partial charge is 0.338 e. The average Bonchev–Trinajstić information content (AvgIpc) is 2.63. The number of carbonyl (C=O) groups is 1. The minimum Gasteiger partial charge on any atom is -0.338 e. The first kappa shape index (κ1) is 11.0. The van der Waals surface area contributed by atoms with Gasteiger partial charge in [-0.05, 0) is 25.7 Å².